The van der Waals surface area contributed by atoms with E-state index in [1.807, 2.05) is 0 Å². The Balaban J connectivity index is 2.93. The topological polar surface area (TPSA) is 38.5 Å². The lowest BCUT2D eigenvalue weighted by atomic mass is 10.0. The van der Waals surface area contributed by atoms with Crippen LogP contribution in [0, 0.1) is 6.92 Å². The molecule has 0 bridgehead atoms. The molecule has 2 N–H and O–H groups in total. The van der Waals surface area contributed by atoms with Gasteiger partial charge in [-0.1, -0.05) is 13.0 Å². The van der Waals surface area contributed by atoms with Crippen LogP contribution in [0.3, 0.4) is 0 Å². The van der Waals surface area contributed by atoms with Crippen molar-refractivity contribution in [1.29, 1.82) is 0 Å². The molecule has 0 saturated heterocycles. The molecule has 0 radical (unpaired) electrons. The molecule has 0 spiro atoms. The maximum absolute atomic E-state index is 5.90. The number of benzene rings is 1. The number of anilines is 1. The maximum atomic E-state index is 5.90. The third kappa shape index (κ3) is 4.80. The van der Waals surface area contributed by atoms with Gasteiger partial charge in [0.05, 0.1) is 6.61 Å². The highest BCUT2D eigenvalue weighted by atomic mass is 16.5. The summed E-state index contributed by atoms with van der Waals surface area (Å²) in [5, 5.41) is 0. The fourth-order valence-electron chi connectivity index (χ4n) is 2.45. The zero-order valence-corrected chi connectivity index (χ0v) is 13.6. The number of hydrogen-bond acceptors (Lipinski definition) is 3. The molecule has 0 saturated carbocycles. The highest BCUT2D eigenvalue weighted by molar-refractivity contribution is 5.51. The SMILES string of the molecule is CCC(C)N(CCOC)c1ccc(CC(C)N)c(C)c1. The predicted octanol–water partition coefficient (Wildman–Crippen LogP) is 3.14. The second-order valence-electron chi connectivity index (χ2n) is 5.74. The lowest BCUT2D eigenvalue weighted by molar-refractivity contribution is 0.203. The molecular weight excluding hydrogens is 248 g/mol. The van der Waals surface area contributed by atoms with E-state index in [0.717, 1.165) is 26.0 Å². The van der Waals surface area contributed by atoms with Gasteiger partial charge in [0.15, 0.2) is 0 Å². The number of nitrogens with two attached hydrogens (primary N) is 1. The van der Waals surface area contributed by atoms with Crippen molar-refractivity contribution in [2.24, 2.45) is 5.73 Å². The second-order valence-corrected chi connectivity index (χ2v) is 5.74. The van der Waals surface area contributed by atoms with Crippen molar-refractivity contribution in [1.82, 2.24) is 0 Å². The Morgan fingerprint density at radius 2 is 2.00 bits per heavy atom. The first kappa shape index (κ1) is 17.0. The predicted molar refractivity (Wildman–Crippen MR) is 87.5 cm³/mol. The van der Waals surface area contributed by atoms with E-state index in [0.29, 0.717) is 6.04 Å². The Bertz CT molecular complexity index is 404. The van der Waals surface area contributed by atoms with Crippen LogP contribution in [0.2, 0.25) is 0 Å². The third-order valence-electron chi connectivity index (χ3n) is 3.86. The minimum absolute atomic E-state index is 0.207. The molecule has 0 fully saturated rings. The lowest BCUT2D eigenvalue weighted by Gasteiger charge is -2.31. The zero-order valence-electron chi connectivity index (χ0n) is 13.6. The van der Waals surface area contributed by atoms with Gasteiger partial charge in [0.1, 0.15) is 0 Å². The number of rotatable bonds is 8. The zero-order chi connectivity index (χ0) is 15.1. The van der Waals surface area contributed by atoms with Crippen molar-refractivity contribution in [2.45, 2.75) is 52.6 Å². The van der Waals surface area contributed by atoms with E-state index in [-0.39, 0.29) is 6.04 Å². The van der Waals surface area contributed by atoms with Crippen molar-refractivity contribution >= 4 is 5.69 Å². The monoisotopic (exact) mass is 278 g/mol. The molecule has 0 aliphatic heterocycles. The van der Waals surface area contributed by atoms with Crippen LogP contribution in [-0.2, 0) is 11.2 Å². The first-order valence-electron chi connectivity index (χ1n) is 7.60. The molecule has 0 aliphatic rings. The van der Waals surface area contributed by atoms with Gasteiger partial charge in [-0.25, -0.2) is 0 Å². The highest BCUT2D eigenvalue weighted by Gasteiger charge is 2.14. The molecular formula is C17H30N2O. The average molecular weight is 278 g/mol. The summed E-state index contributed by atoms with van der Waals surface area (Å²) >= 11 is 0. The van der Waals surface area contributed by atoms with E-state index in [1.54, 1.807) is 7.11 Å². The first-order chi connectivity index (χ1) is 9.49. The third-order valence-corrected chi connectivity index (χ3v) is 3.86. The summed E-state index contributed by atoms with van der Waals surface area (Å²) in [6.07, 6.45) is 2.07. The Kier molecular flexibility index (Phi) is 7.03. The van der Waals surface area contributed by atoms with E-state index in [1.165, 1.54) is 16.8 Å². The van der Waals surface area contributed by atoms with Crippen LogP contribution in [0.4, 0.5) is 5.69 Å². The molecule has 0 aliphatic carbocycles. The molecule has 2 atom stereocenters. The van der Waals surface area contributed by atoms with E-state index >= 15 is 0 Å². The lowest BCUT2D eigenvalue weighted by Crippen LogP contribution is -2.35. The van der Waals surface area contributed by atoms with Gasteiger partial charge in [0, 0.05) is 31.4 Å². The summed E-state index contributed by atoms with van der Waals surface area (Å²) in [5.41, 5.74) is 9.85. The van der Waals surface area contributed by atoms with Crippen LogP contribution >= 0.6 is 0 Å². The van der Waals surface area contributed by atoms with Gasteiger partial charge in [-0.3, -0.25) is 0 Å². The average Bonchev–Trinajstić information content (AvgIpc) is 2.41. The molecule has 3 nitrogen and oxygen atoms in total. The summed E-state index contributed by atoms with van der Waals surface area (Å²) in [4.78, 5) is 2.42. The van der Waals surface area contributed by atoms with E-state index < -0.39 is 0 Å². The Hall–Kier alpha value is -1.06. The van der Waals surface area contributed by atoms with E-state index in [9.17, 15) is 0 Å². The molecule has 3 heteroatoms. The smallest absolute Gasteiger partial charge is 0.0637 e. The van der Waals surface area contributed by atoms with Crippen LogP contribution in [0.15, 0.2) is 18.2 Å². The minimum atomic E-state index is 0.207. The van der Waals surface area contributed by atoms with E-state index in [4.69, 9.17) is 10.5 Å². The normalized spacial score (nSPS) is 14.1. The quantitative estimate of drug-likeness (QED) is 0.794. The summed E-state index contributed by atoms with van der Waals surface area (Å²) in [7, 11) is 1.76. The van der Waals surface area contributed by atoms with E-state index in [2.05, 4.69) is 50.8 Å². The summed E-state index contributed by atoms with van der Waals surface area (Å²) in [6, 6.07) is 7.44. The largest absolute Gasteiger partial charge is 0.383 e. The number of methoxy groups -OCH3 is 1. The highest BCUT2D eigenvalue weighted by Crippen LogP contribution is 2.22. The van der Waals surface area contributed by atoms with Gasteiger partial charge in [0.2, 0.25) is 0 Å². The molecule has 0 amide bonds. The van der Waals surface area contributed by atoms with Gasteiger partial charge < -0.3 is 15.4 Å². The van der Waals surface area contributed by atoms with Crippen LogP contribution < -0.4 is 10.6 Å². The Morgan fingerprint density at radius 3 is 2.50 bits per heavy atom. The van der Waals surface area contributed by atoms with Crippen LogP contribution in [0.5, 0.6) is 0 Å². The number of nitrogens with zero attached hydrogens (tertiary/aromatic N) is 1. The number of aryl methyl sites for hydroxylation is 1. The molecule has 20 heavy (non-hydrogen) atoms. The van der Waals surface area contributed by atoms with Gasteiger partial charge >= 0.3 is 0 Å². The molecule has 114 valence electrons. The maximum Gasteiger partial charge on any atom is 0.0637 e. The van der Waals surface area contributed by atoms with Crippen molar-refractivity contribution in [3.8, 4) is 0 Å². The molecule has 1 rings (SSSR count). The second kappa shape index (κ2) is 8.28. The Morgan fingerprint density at radius 1 is 1.30 bits per heavy atom. The molecule has 1 aromatic rings. The van der Waals surface area contributed by atoms with Crippen molar-refractivity contribution in [2.75, 3.05) is 25.2 Å². The van der Waals surface area contributed by atoms with Gasteiger partial charge in [-0.2, -0.15) is 0 Å². The summed E-state index contributed by atoms with van der Waals surface area (Å²) in [6.45, 7) is 10.4. The van der Waals surface area contributed by atoms with Crippen molar-refractivity contribution in [3.05, 3.63) is 29.3 Å². The summed E-state index contributed by atoms with van der Waals surface area (Å²) < 4.78 is 5.24. The fraction of sp³-hybridized carbons (Fsp3) is 0.647. The van der Waals surface area contributed by atoms with Crippen LogP contribution in [-0.4, -0.2) is 32.3 Å². The summed E-state index contributed by atoms with van der Waals surface area (Å²) in [5.74, 6) is 0. The van der Waals surface area contributed by atoms with Crippen LogP contribution in [0.25, 0.3) is 0 Å². The van der Waals surface area contributed by atoms with Gasteiger partial charge in [0.25, 0.3) is 0 Å². The minimum Gasteiger partial charge on any atom is -0.383 e. The molecule has 0 aromatic heterocycles. The van der Waals surface area contributed by atoms with Crippen molar-refractivity contribution in [3.63, 3.8) is 0 Å². The number of hydrogen-bond donors (Lipinski definition) is 1. The van der Waals surface area contributed by atoms with Gasteiger partial charge in [-0.15, -0.1) is 0 Å². The molecule has 1 aromatic carbocycles. The first-order valence-corrected chi connectivity index (χ1v) is 7.60. The molecule has 0 heterocycles. The van der Waals surface area contributed by atoms with Gasteiger partial charge in [-0.05, 0) is 56.9 Å². The standard InChI is InChI=1S/C17H30N2O/c1-6-15(4)19(9-10-20-5)17-8-7-16(12-14(3)18)13(2)11-17/h7-8,11,14-15H,6,9-10,12,18H2,1-5H3. The van der Waals surface area contributed by atoms with Crippen LogP contribution in [0.1, 0.15) is 38.3 Å². The van der Waals surface area contributed by atoms with Crippen molar-refractivity contribution < 1.29 is 4.74 Å². The fourth-order valence-corrected chi connectivity index (χ4v) is 2.45. The molecule has 2 unspecified atom stereocenters. The number of ether oxygens (including phenoxy) is 1. The Labute approximate surface area is 124 Å².